The van der Waals surface area contributed by atoms with Crippen LogP contribution in [-0.4, -0.2) is 22.9 Å². The Hall–Kier alpha value is -0.600. The zero-order valence-electron chi connectivity index (χ0n) is 16.1. The summed E-state index contributed by atoms with van der Waals surface area (Å²) in [6.07, 6.45) is 26.5. The fourth-order valence-electron chi connectivity index (χ4n) is 2.84. The molecule has 0 saturated heterocycles. The van der Waals surface area contributed by atoms with E-state index in [1.165, 1.54) is 64.2 Å². The Morgan fingerprint density at radius 1 is 0.667 bits per heavy atom. The Balaban J connectivity index is 3.20. The summed E-state index contributed by atoms with van der Waals surface area (Å²) in [5.41, 5.74) is 0. The second kappa shape index (κ2) is 20.4. The summed E-state index contributed by atoms with van der Waals surface area (Å²) in [4.78, 5) is 0. The summed E-state index contributed by atoms with van der Waals surface area (Å²) in [6, 6.07) is 0. The highest BCUT2D eigenvalue weighted by Gasteiger charge is 2.02. The minimum atomic E-state index is -0.206. The predicted molar refractivity (Wildman–Crippen MR) is 106 cm³/mol. The van der Waals surface area contributed by atoms with E-state index in [1.54, 1.807) is 0 Å². The zero-order valence-corrected chi connectivity index (χ0v) is 16.1. The van der Waals surface area contributed by atoms with Crippen molar-refractivity contribution in [2.75, 3.05) is 6.61 Å². The van der Waals surface area contributed by atoms with Gasteiger partial charge in [-0.1, -0.05) is 76.2 Å². The number of allylic oxidation sites excluding steroid dienone is 4. The molecule has 0 fully saturated rings. The number of hydrogen-bond acceptors (Lipinski definition) is 2. The van der Waals surface area contributed by atoms with E-state index >= 15 is 0 Å². The second-order valence-electron chi connectivity index (χ2n) is 6.89. The van der Waals surface area contributed by atoms with E-state index in [0.29, 0.717) is 0 Å². The summed E-state index contributed by atoms with van der Waals surface area (Å²) in [7, 11) is 0. The van der Waals surface area contributed by atoms with Crippen molar-refractivity contribution in [1.29, 1.82) is 0 Å². The molecule has 1 atom stereocenters. The van der Waals surface area contributed by atoms with Crippen LogP contribution < -0.4 is 0 Å². The van der Waals surface area contributed by atoms with Crippen molar-refractivity contribution < 1.29 is 10.2 Å². The molecule has 0 aliphatic heterocycles. The molecule has 0 bridgehead atoms. The topological polar surface area (TPSA) is 40.5 Å². The fourth-order valence-corrected chi connectivity index (χ4v) is 2.84. The lowest BCUT2D eigenvalue weighted by atomic mass is 10.0. The fraction of sp³-hybridized carbons (Fsp3) is 0.818. The van der Waals surface area contributed by atoms with Crippen LogP contribution in [0.2, 0.25) is 0 Å². The molecule has 0 heterocycles. The first-order valence-electron chi connectivity index (χ1n) is 10.4. The monoisotopic (exact) mass is 338 g/mol. The van der Waals surface area contributed by atoms with Crippen LogP contribution in [0.1, 0.15) is 103 Å². The quantitative estimate of drug-likeness (QED) is 0.227. The van der Waals surface area contributed by atoms with E-state index in [1.807, 2.05) is 0 Å². The van der Waals surface area contributed by atoms with Crippen molar-refractivity contribution in [1.82, 2.24) is 0 Å². The third-order valence-corrected chi connectivity index (χ3v) is 4.43. The first-order chi connectivity index (χ1) is 11.8. The van der Waals surface area contributed by atoms with Crippen LogP contribution in [-0.2, 0) is 0 Å². The van der Waals surface area contributed by atoms with Crippen LogP contribution in [0.5, 0.6) is 0 Å². The third kappa shape index (κ3) is 19.4. The lowest BCUT2D eigenvalue weighted by Gasteiger charge is -2.08. The minimum absolute atomic E-state index is 0.195. The molecule has 0 aromatic rings. The summed E-state index contributed by atoms with van der Waals surface area (Å²) >= 11 is 0. The van der Waals surface area contributed by atoms with Gasteiger partial charge in [0.2, 0.25) is 0 Å². The highest BCUT2D eigenvalue weighted by atomic mass is 16.3. The molecule has 0 rings (SSSR count). The number of hydrogen-bond donors (Lipinski definition) is 2. The number of rotatable bonds is 18. The lowest BCUT2D eigenvalue weighted by molar-refractivity contribution is 0.138. The van der Waals surface area contributed by atoms with Crippen LogP contribution in [0.3, 0.4) is 0 Å². The van der Waals surface area contributed by atoms with Gasteiger partial charge in [-0.05, 0) is 51.4 Å². The first-order valence-corrected chi connectivity index (χ1v) is 10.4. The van der Waals surface area contributed by atoms with E-state index in [-0.39, 0.29) is 12.7 Å². The molecule has 0 spiro atoms. The van der Waals surface area contributed by atoms with Crippen molar-refractivity contribution in [2.24, 2.45) is 0 Å². The van der Waals surface area contributed by atoms with E-state index in [2.05, 4.69) is 31.2 Å². The van der Waals surface area contributed by atoms with Gasteiger partial charge in [-0.15, -0.1) is 0 Å². The molecule has 24 heavy (non-hydrogen) atoms. The van der Waals surface area contributed by atoms with E-state index in [9.17, 15) is 5.11 Å². The van der Waals surface area contributed by atoms with Crippen molar-refractivity contribution in [2.45, 2.75) is 109 Å². The van der Waals surface area contributed by atoms with Crippen LogP contribution in [0, 0.1) is 0 Å². The van der Waals surface area contributed by atoms with Crippen LogP contribution in [0.15, 0.2) is 24.3 Å². The summed E-state index contributed by atoms with van der Waals surface area (Å²) < 4.78 is 0. The Labute approximate surface area is 151 Å². The first kappa shape index (κ1) is 23.4. The summed E-state index contributed by atoms with van der Waals surface area (Å²) in [5, 5.41) is 18.4. The molecule has 0 unspecified atom stereocenters. The number of aliphatic hydroxyl groups excluding tert-OH is 2. The Bertz CT molecular complexity index is 284. The van der Waals surface area contributed by atoms with Gasteiger partial charge in [0, 0.05) is 6.61 Å². The average molecular weight is 339 g/mol. The third-order valence-electron chi connectivity index (χ3n) is 4.43. The molecule has 0 aliphatic rings. The van der Waals surface area contributed by atoms with E-state index in [4.69, 9.17) is 5.11 Å². The van der Waals surface area contributed by atoms with Gasteiger partial charge in [-0.2, -0.15) is 0 Å². The average Bonchev–Trinajstić information content (AvgIpc) is 2.59. The van der Waals surface area contributed by atoms with Crippen molar-refractivity contribution in [3.63, 3.8) is 0 Å². The number of aliphatic hydroxyl groups is 2. The molecule has 0 radical (unpaired) electrons. The van der Waals surface area contributed by atoms with Gasteiger partial charge in [-0.25, -0.2) is 0 Å². The lowest BCUT2D eigenvalue weighted by Crippen LogP contribution is -2.06. The Morgan fingerprint density at radius 3 is 1.83 bits per heavy atom. The van der Waals surface area contributed by atoms with E-state index in [0.717, 1.165) is 32.1 Å². The van der Waals surface area contributed by atoms with Gasteiger partial charge in [0.15, 0.2) is 0 Å². The molecule has 0 aliphatic carbocycles. The maximum Gasteiger partial charge on any atom is 0.0541 e. The van der Waals surface area contributed by atoms with Gasteiger partial charge in [0.05, 0.1) is 6.10 Å². The van der Waals surface area contributed by atoms with E-state index < -0.39 is 0 Å². The molecule has 0 aromatic carbocycles. The molecule has 0 amide bonds. The van der Waals surface area contributed by atoms with Gasteiger partial charge >= 0.3 is 0 Å². The highest BCUT2D eigenvalue weighted by molar-refractivity contribution is 4.92. The molecule has 0 saturated carbocycles. The molecular formula is C22H42O2. The van der Waals surface area contributed by atoms with Crippen molar-refractivity contribution in [3.8, 4) is 0 Å². The minimum Gasteiger partial charge on any atom is -0.396 e. The van der Waals surface area contributed by atoms with Gasteiger partial charge in [0.25, 0.3) is 0 Å². The second-order valence-corrected chi connectivity index (χ2v) is 6.89. The van der Waals surface area contributed by atoms with Crippen molar-refractivity contribution >= 4 is 0 Å². The maximum absolute atomic E-state index is 9.67. The number of unbranched alkanes of at least 4 members (excludes halogenated alkanes) is 9. The smallest absolute Gasteiger partial charge is 0.0541 e. The predicted octanol–water partition coefficient (Wildman–Crippen LogP) is 6.32. The van der Waals surface area contributed by atoms with Crippen LogP contribution >= 0.6 is 0 Å². The Morgan fingerprint density at radius 2 is 1.21 bits per heavy atom. The van der Waals surface area contributed by atoms with Gasteiger partial charge in [0.1, 0.15) is 0 Å². The standard InChI is InChI=1S/C22H42O2/c1-2-3-4-5-6-7-8-9-10-11-12-13-14-15-16-17-19-22(24)20-18-21-23/h6-7,9-10,22-24H,2-5,8,11-21H2,1H3/b7-6-,10-9-/t22-/m1/s1. The highest BCUT2D eigenvalue weighted by Crippen LogP contribution is 2.12. The molecule has 0 aromatic heterocycles. The molecule has 2 nitrogen and oxygen atoms in total. The largest absolute Gasteiger partial charge is 0.396 e. The van der Waals surface area contributed by atoms with Gasteiger partial charge in [-0.3, -0.25) is 0 Å². The molecule has 2 N–H and O–H groups in total. The zero-order chi connectivity index (χ0) is 17.7. The van der Waals surface area contributed by atoms with Gasteiger partial charge < -0.3 is 10.2 Å². The summed E-state index contributed by atoms with van der Waals surface area (Å²) in [6.45, 7) is 2.44. The summed E-state index contributed by atoms with van der Waals surface area (Å²) in [5.74, 6) is 0. The molecule has 142 valence electrons. The molecular weight excluding hydrogens is 296 g/mol. The molecule has 2 heteroatoms. The van der Waals surface area contributed by atoms with Crippen LogP contribution in [0.4, 0.5) is 0 Å². The maximum atomic E-state index is 9.67. The Kier molecular flexibility index (Phi) is 19.9. The van der Waals surface area contributed by atoms with Crippen molar-refractivity contribution in [3.05, 3.63) is 24.3 Å². The normalized spacial score (nSPS) is 13.3. The van der Waals surface area contributed by atoms with Crippen LogP contribution in [0.25, 0.3) is 0 Å². The SMILES string of the molecule is CCCCC/C=C\C/C=C\CCCCCCCC[C@@H](O)CCCO.